The molecule has 2 rings (SSSR count). The molecule has 0 spiro atoms. The zero-order chi connectivity index (χ0) is 14.5. The topological polar surface area (TPSA) is 90.2 Å². The van der Waals surface area contributed by atoms with E-state index >= 15 is 0 Å². The van der Waals surface area contributed by atoms with E-state index in [1.54, 1.807) is 6.92 Å². The Morgan fingerprint density at radius 1 is 1.40 bits per heavy atom. The quantitative estimate of drug-likeness (QED) is 0.447. The van der Waals surface area contributed by atoms with E-state index in [0.717, 1.165) is 32.1 Å². The van der Waals surface area contributed by atoms with Gasteiger partial charge in [0.25, 0.3) is 5.88 Å². The van der Waals surface area contributed by atoms with Crippen LogP contribution in [0, 0.1) is 17.0 Å². The van der Waals surface area contributed by atoms with Gasteiger partial charge >= 0.3 is 5.69 Å². The van der Waals surface area contributed by atoms with E-state index in [1.807, 2.05) is 0 Å². The van der Waals surface area contributed by atoms with Crippen molar-refractivity contribution < 1.29 is 9.66 Å². The fourth-order valence-electron chi connectivity index (χ4n) is 1.84. The fourth-order valence-corrected chi connectivity index (χ4v) is 1.84. The lowest BCUT2D eigenvalue weighted by atomic mass is 10.2. The van der Waals surface area contributed by atoms with E-state index in [1.165, 1.54) is 0 Å². The first-order valence-electron chi connectivity index (χ1n) is 7.05. The van der Waals surface area contributed by atoms with Crippen molar-refractivity contribution in [2.75, 3.05) is 11.9 Å². The van der Waals surface area contributed by atoms with Crippen molar-refractivity contribution in [3.8, 4) is 5.88 Å². The van der Waals surface area contributed by atoms with Crippen LogP contribution in [-0.4, -0.2) is 27.5 Å². The van der Waals surface area contributed by atoms with Gasteiger partial charge in [-0.3, -0.25) is 10.1 Å². The van der Waals surface area contributed by atoms with Crippen molar-refractivity contribution in [3.05, 3.63) is 15.9 Å². The zero-order valence-electron chi connectivity index (χ0n) is 11.9. The highest BCUT2D eigenvalue weighted by atomic mass is 16.6. The van der Waals surface area contributed by atoms with Crippen molar-refractivity contribution in [2.24, 2.45) is 0 Å². The summed E-state index contributed by atoms with van der Waals surface area (Å²) in [4.78, 5) is 19.0. The lowest BCUT2D eigenvalue weighted by Gasteiger charge is -2.10. The van der Waals surface area contributed by atoms with E-state index in [2.05, 4.69) is 22.2 Å². The molecule has 7 heteroatoms. The number of unbranched alkanes of at least 4 members (excludes halogenated alkanes) is 2. The summed E-state index contributed by atoms with van der Waals surface area (Å²) >= 11 is 0. The average Bonchev–Trinajstić information content (AvgIpc) is 3.17. The molecular weight excluding hydrogens is 260 g/mol. The predicted molar refractivity (Wildman–Crippen MR) is 75.1 cm³/mol. The maximum absolute atomic E-state index is 11.3. The summed E-state index contributed by atoms with van der Waals surface area (Å²) in [5, 5.41) is 14.3. The number of anilines is 1. The van der Waals surface area contributed by atoms with Gasteiger partial charge in [-0.1, -0.05) is 19.8 Å². The molecular formula is C13H20N4O3. The summed E-state index contributed by atoms with van der Waals surface area (Å²) in [5.41, 5.74) is -0.154. The van der Waals surface area contributed by atoms with E-state index in [4.69, 9.17) is 4.74 Å². The number of nitrogens with zero attached hydrogens (tertiary/aromatic N) is 3. The molecule has 1 heterocycles. The van der Waals surface area contributed by atoms with Crippen LogP contribution in [0.2, 0.25) is 0 Å². The molecule has 110 valence electrons. The normalized spacial score (nSPS) is 14.1. The molecule has 0 aliphatic heterocycles. The van der Waals surface area contributed by atoms with Crippen LogP contribution in [0.1, 0.15) is 44.9 Å². The summed E-state index contributed by atoms with van der Waals surface area (Å²) in [7, 11) is 0. The van der Waals surface area contributed by atoms with Crippen molar-refractivity contribution in [3.63, 3.8) is 0 Å². The van der Waals surface area contributed by atoms with Gasteiger partial charge in [0.1, 0.15) is 11.9 Å². The third-order valence-corrected chi connectivity index (χ3v) is 3.02. The van der Waals surface area contributed by atoms with Gasteiger partial charge in [0.05, 0.1) is 4.92 Å². The first-order chi connectivity index (χ1) is 9.61. The van der Waals surface area contributed by atoms with Crippen LogP contribution in [0.15, 0.2) is 0 Å². The summed E-state index contributed by atoms with van der Waals surface area (Å²) < 4.78 is 5.53. The third-order valence-electron chi connectivity index (χ3n) is 3.02. The second-order valence-corrected chi connectivity index (χ2v) is 4.98. The smallest absolute Gasteiger partial charge is 0.372 e. The Hall–Kier alpha value is -1.92. The first-order valence-corrected chi connectivity index (χ1v) is 7.05. The monoisotopic (exact) mass is 280 g/mol. The Kier molecular flexibility index (Phi) is 4.70. The molecule has 20 heavy (non-hydrogen) atoms. The number of ether oxygens (including phenoxy) is 1. The van der Waals surface area contributed by atoms with E-state index in [-0.39, 0.29) is 23.5 Å². The van der Waals surface area contributed by atoms with E-state index < -0.39 is 4.92 Å². The van der Waals surface area contributed by atoms with Gasteiger partial charge in [-0.2, -0.15) is 4.98 Å². The van der Waals surface area contributed by atoms with Crippen molar-refractivity contribution in [2.45, 2.75) is 52.1 Å². The highest BCUT2D eigenvalue weighted by molar-refractivity contribution is 5.61. The summed E-state index contributed by atoms with van der Waals surface area (Å²) in [6.45, 7) is 4.48. The van der Waals surface area contributed by atoms with Crippen LogP contribution in [0.3, 0.4) is 0 Å². The minimum atomic E-state index is -0.473. The molecule has 1 aromatic heterocycles. The molecule has 1 aromatic rings. The number of nitro groups is 1. The zero-order valence-corrected chi connectivity index (χ0v) is 11.9. The second-order valence-electron chi connectivity index (χ2n) is 4.98. The second kappa shape index (κ2) is 6.49. The predicted octanol–water partition coefficient (Wildman–Crippen LogP) is 2.84. The van der Waals surface area contributed by atoms with Gasteiger partial charge in [-0.25, -0.2) is 4.98 Å². The molecule has 1 aliphatic carbocycles. The van der Waals surface area contributed by atoms with E-state index in [9.17, 15) is 10.1 Å². The molecule has 0 atom stereocenters. The van der Waals surface area contributed by atoms with Gasteiger partial charge in [0.15, 0.2) is 0 Å². The number of hydrogen-bond acceptors (Lipinski definition) is 6. The maximum atomic E-state index is 11.3. The van der Waals surface area contributed by atoms with Crippen molar-refractivity contribution in [1.29, 1.82) is 0 Å². The summed E-state index contributed by atoms with van der Waals surface area (Å²) in [6, 6.07) is 0. The molecule has 1 saturated carbocycles. The average molecular weight is 280 g/mol. The van der Waals surface area contributed by atoms with Gasteiger partial charge in [-0.15, -0.1) is 0 Å². The largest absolute Gasteiger partial charge is 0.469 e. The minimum Gasteiger partial charge on any atom is -0.469 e. The third kappa shape index (κ3) is 3.79. The highest BCUT2D eigenvalue weighted by Gasteiger charge is 2.31. The molecule has 0 amide bonds. The molecule has 1 aliphatic rings. The summed E-state index contributed by atoms with van der Waals surface area (Å²) in [6.07, 6.45) is 5.06. The molecule has 1 N–H and O–H groups in total. The molecule has 0 aromatic carbocycles. The van der Waals surface area contributed by atoms with Gasteiger partial charge in [0, 0.05) is 6.54 Å². The molecule has 1 fully saturated rings. The minimum absolute atomic E-state index is 0.0657. The maximum Gasteiger partial charge on any atom is 0.372 e. The Bertz CT molecular complexity index is 489. The lowest BCUT2D eigenvalue weighted by Crippen LogP contribution is -2.11. The Morgan fingerprint density at radius 3 is 2.75 bits per heavy atom. The van der Waals surface area contributed by atoms with E-state index in [0.29, 0.717) is 12.4 Å². The first kappa shape index (κ1) is 14.5. The van der Waals surface area contributed by atoms with Crippen LogP contribution in [0.5, 0.6) is 5.88 Å². The molecule has 0 unspecified atom stereocenters. The molecule has 0 saturated heterocycles. The lowest BCUT2D eigenvalue weighted by molar-refractivity contribution is -0.385. The Labute approximate surface area is 117 Å². The standard InChI is InChI=1S/C13H20N4O3/c1-3-4-5-8-14-12-11(17(18)19)13(16-9(2)15-12)20-10-6-7-10/h10H,3-8H2,1-2H3,(H,14,15,16). The fraction of sp³-hybridized carbons (Fsp3) is 0.692. The van der Waals surface area contributed by atoms with Crippen LogP contribution in [0.4, 0.5) is 11.5 Å². The number of aryl methyl sites for hydroxylation is 1. The number of aromatic nitrogens is 2. The van der Waals surface area contributed by atoms with Gasteiger partial charge in [0.2, 0.25) is 5.82 Å². The van der Waals surface area contributed by atoms with Crippen LogP contribution >= 0.6 is 0 Å². The van der Waals surface area contributed by atoms with Gasteiger partial charge in [-0.05, 0) is 26.2 Å². The van der Waals surface area contributed by atoms with Crippen LogP contribution < -0.4 is 10.1 Å². The van der Waals surface area contributed by atoms with Crippen molar-refractivity contribution >= 4 is 11.5 Å². The molecule has 0 radical (unpaired) electrons. The number of nitrogens with one attached hydrogen (secondary N) is 1. The Balaban J connectivity index is 2.18. The summed E-state index contributed by atoms with van der Waals surface area (Å²) in [5.74, 6) is 0.821. The SMILES string of the molecule is CCCCCNc1nc(C)nc(OC2CC2)c1[N+](=O)[O-]. The van der Waals surface area contributed by atoms with Crippen LogP contribution in [-0.2, 0) is 0 Å². The molecule has 0 bridgehead atoms. The van der Waals surface area contributed by atoms with Gasteiger partial charge < -0.3 is 10.1 Å². The number of rotatable bonds is 8. The number of hydrogen-bond donors (Lipinski definition) is 1. The highest BCUT2D eigenvalue weighted by Crippen LogP contribution is 2.35. The van der Waals surface area contributed by atoms with Crippen molar-refractivity contribution in [1.82, 2.24) is 9.97 Å². The molecule has 7 nitrogen and oxygen atoms in total. The Morgan fingerprint density at radius 2 is 2.15 bits per heavy atom. The van der Waals surface area contributed by atoms with Crippen LogP contribution in [0.25, 0.3) is 0 Å².